The smallest absolute Gasteiger partial charge is 0.253 e. The highest BCUT2D eigenvalue weighted by Crippen LogP contribution is 2.17. The van der Waals surface area contributed by atoms with Gasteiger partial charge in [0.1, 0.15) is 11.0 Å². The van der Waals surface area contributed by atoms with E-state index in [0.717, 1.165) is 18.4 Å². The van der Waals surface area contributed by atoms with E-state index in [-0.39, 0.29) is 17.9 Å². The van der Waals surface area contributed by atoms with E-state index in [4.69, 9.17) is 0 Å². The fraction of sp³-hybridized carbons (Fsp3) is 0.263. The Morgan fingerprint density at radius 2 is 1.69 bits per heavy atom. The highest BCUT2D eigenvalue weighted by atomic mass is 16.2. The van der Waals surface area contributed by atoms with Crippen molar-refractivity contribution in [3.05, 3.63) is 59.7 Å². The third kappa shape index (κ3) is 3.28. The second-order valence-electron chi connectivity index (χ2n) is 6.43. The number of fused-ring (bicyclic) bond motifs is 1. The highest BCUT2D eigenvalue weighted by molar-refractivity contribution is 5.97. The Morgan fingerprint density at radius 3 is 2.46 bits per heavy atom. The monoisotopic (exact) mass is 349 g/mol. The molecule has 3 aromatic rings. The standard InChI is InChI=1S/C19H19N5O2/c25-18(13-4-2-1-3-5-13)20-15-8-10-24(11-9-15)19(26)14-6-7-16-17(12-14)22-23-21-16/h1-7,12,15H,8-11H2,(H,20,25)(H,21,22,23). The van der Waals surface area contributed by atoms with Gasteiger partial charge in [-0.3, -0.25) is 9.59 Å². The average Bonchev–Trinajstić information content (AvgIpc) is 3.16. The molecule has 0 aliphatic carbocycles. The molecule has 0 atom stereocenters. The van der Waals surface area contributed by atoms with Gasteiger partial charge in [0.25, 0.3) is 11.8 Å². The molecule has 2 aromatic carbocycles. The molecule has 2 amide bonds. The van der Waals surface area contributed by atoms with E-state index in [1.54, 1.807) is 30.3 Å². The van der Waals surface area contributed by atoms with Crippen LogP contribution in [0.4, 0.5) is 0 Å². The molecule has 1 aromatic heterocycles. The van der Waals surface area contributed by atoms with E-state index in [0.29, 0.717) is 29.7 Å². The summed E-state index contributed by atoms with van der Waals surface area (Å²) in [6, 6.07) is 14.6. The zero-order valence-corrected chi connectivity index (χ0v) is 14.2. The summed E-state index contributed by atoms with van der Waals surface area (Å²) in [4.78, 5) is 26.8. The van der Waals surface area contributed by atoms with Crippen LogP contribution in [-0.4, -0.2) is 51.3 Å². The Kier molecular flexibility index (Phi) is 4.35. The van der Waals surface area contributed by atoms with Crippen LogP contribution in [0.15, 0.2) is 48.5 Å². The Hall–Kier alpha value is -3.22. The summed E-state index contributed by atoms with van der Waals surface area (Å²) in [6.07, 6.45) is 1.49. The number of nitrogens with zero attached hydrogens (tertiary/aromatic N) is 3. The van der Waals surface area contributed by atoms with Crippen LogP contribution in [-0.2, 0) is 0 Å². The first-order valence-electron chi connectivity index (χ1n) is 8.66. The van der Waals surface area contributed by atoms with Gasteiger partial charge in [-0.1, -0.05) is 18.2 Å². The fourth-order valence-corrected chi connectivity index (χ4v) is 3.24. The second-order valence-corrected chi connectivity index (χ2v) is 6.43. The predicted molar refractivity (Wildman–Crippen MR) is 96.7 cm³/mol. The number of piperidine rings is 1. The van der Waals surface area contributed by atoms with Gasteiger partial charge in [0, 0.05) is 30.3 Å². The zero-order chi connectivity index (χ0) is 17.9. The van der Waals surface area contributed by atoms with Crippen molar-refractivity contribution < 1.29 is 9.59 Å². The van der Waals surface area contributed by atoms with Crippen molar-refractivity contribution >= 4 is 22.8 Å². The maximum atomic E-state index is 12.7. The minimum Gasteiger partial charge on any atom is -0.349 e. The van der Waals surface area contributed by atoms with Crippen LogP contribution in [0.1, 0.15) is 33.6 Å². The van der Waals surface area contributed by atoms with Crippen LogP contribution < -0.4 is 5.32 Å². The predicted octanol–water partition coefficient (Wildman–Crippen LogP) is 1.99. The minimum atomic E-state index is -0.0631. The Balaban J connectivity index is 1.35. The lowest BCUT2D eigenvalue weighted by atomic mass is 10.0. The lowest BCUT2D eigenvalue weighted by Gasteiger charge is -2.32. The number of amides is 2. The van der Waals surface area contributed by atoms with E-state index >= 15 is 0 Å². The maximum Gasteiger partial charge on any atom is 0.253 e. The van der Waals surface area contributed by atoms with Gasteiger partial charge in [-0.25, -0.2) is 0 Å². The molecular formula is C19H19N5O2. The van der Waals surface area contributed by atoms with Gasteiger partial charge in [-0.15, -0.1) is 0 Å². The summed E-state index contributed by atoms with van der Waals surface area (Å²) in [5.74, 6) is -0.0744. The first-order valence-corrected chi connectivity index (χ1v) is 8.66. The highest BCUT2D eigenvalue weighted by Gasteiger charge is 2.25. The molecule has 0 spiro atoms. The molecule has 0 bridgehead atoms. The molecule has 7 nitrogen and oxygen atoms in total. The number of aromatic amines is 1. The van der Waals surface area contributed by atoms with Crippen molar-refractivity contribution in [2.24, 2.45) is 0 Å². The van der Waals surface area contributed by atoms with Crippen LogP contribution in [0.2, 0.25) is 0 Å². The van der Waals surface area contributed by atoms with Gasteiger partial charge in [0.15, 0.2) is 0 Å². The van der Waals surface area contributed by atoms with Gasteiger partial charge in [0.05, 0.1) is 0 Å². The van der Waals surface area contributed by atoms with E-state index < -0.39 is 0 Å². The van der Waals surface area contributed by atoms with E-state index in [1.165, 1.54) is 0 Å². The van der Waals surface area contributed by atoms with E-state index in [2.05, 4.69) is 20.7 Å². The molecule has 1 aliphatic heterocycles. The van der Waals surface area contributed by atoms with Crippen LogP contribution in [0.3, 0.4) is 0 Å². The molecule has 2 heterocycles. The number of hydrogen-bond acceptors (Lipinski definition) is 4. The molecule has 0 saturated carbocycles. The zero-order valence-electron chi connectivity index (χ0n) is 14.2. The largest absolute Gasteiger partial charge is 0.349 e. The summed E-state index contributed by atoms with van der Waals surface area (Å²) >= 11 is 0. The number of likely N-dealkylation sites (tertiary alicyclic amines) is 1. The normalized spacial score (nSPS) is 15.2. The molecule has 0 unspecified atom stereocenters. The summed E-state index contributed by atoms with van der Waals surface area (Å²) in [7, 11) is 0. The lowest BCUT2D eigenvalue weighted by Crippen LogP contribution is -2.46. The maximum absolute atomic E-state index is 12.7. The van der Waals surface area contributed by atoms with Crippen molar-refractivity contribution in [3.63, 3.8) is 0 Å². The molecule has 132 valence electrons. The second kappa shape index (κ2) is 6.95. The topological polar surface area (TPSA) is 91.0 Å². The number of aromatic nitrogens is 3. The summed E-state index contributed by atoms with van der Waals surface area (Å²) in [6.45, 7) is 1.24. The molecule has 1 fully saturated rings. The molecular weight excluding hydrogens is 330 g/mol. The Labute approximate surface area is 150 Å². The van der Waals surface area contributed by atoms with Crippen LogP contribution in [0.5, 0.6) is 0 Å². The SMILES string of the molecule is O=C(NC1CCN(C(=O)c2ccc3n[nH]nc3c2)CC1)c1ccccc1. The van der Waals surface area contributed by atoms with Crippen molar-refractivity contribution in [2.45, 2.75) is 18.9 Å². The van der Waals surface area contributed by atoms with Gasteiger partial charge in [-0.2, -0.15) is 15.4 Å². The summed E-state index contributed by atoms with van der Waals surface area (Å²) < 4.78 is 0. The van der Waals surface area contributed by atoms with Crippen molar-refractivity contribution in [2.75, 3.05) is 13.1 Å². The van der Waals surface area contributed by atoms with Gasteiger partial charge in [0.2, 0.25) is 0 Å². The quantitative estimate of drug-likeness (QED) is 0.756. The summed E-state index contributed by atoms with van der Waals surface area (Å²) in [5, 5.41) is 13.6. The molecule has 1 saturated heterocycles. The number of nitrogens with one attached hydrogen (secondary N) is 2. The van der Waals surface area contributed by atoms with Crippen molar-refractivity contribution in [3.8, 4) is 0 Å². The van der Waals surface area contributed by atoms with Gasteiger partial charge >= 0.3 is 0 Å². The molecule has 2 N–H and O–H groups in total. The number of carbonyl (C=O) groups excluding carboxylic acids is 2. The van der Waals surface area contributed by atoms with Crippen LogP contribution in [0.25, 0.3) is 11.0 Å². The molecule has 26 heavy (non-hydrogen) atoms. The van der Waals surface area contributed by atoms with Gasteiger partial charge in [-0.05, 0) is 43.2 Å². The van der Waals surface area contributed by atoms with Gasteiger partial charge < -0.3 is 10.2 Å². The number of H-pyrrole nitrogens is 1. The van der Waals surface area contributed by atoms with Crippen LogP contribution >= 0.6 is 0 Å². The average molecular weight is 349 g/mol. The minimum absolute atomic E-state index is 0.0114. The Morgan fingerprint density at radius 1 is 0.962 bits per heavy atom. The number of carbonyl (C=O) groups is 2. The molecule has 1 aliphatic rings. The number of benzene rings is 2. The third-order valence-corrected chi connectivity index (χ3v) is 4.72. The molecule has 0 radical (unpaired) electrons. The van der Waals surface area contributed by atoms with E-state index in [9.17, 15) is 9.59 Å². The summed E-state index contributed by atoms with van der Waals surface area (Å²) in [5.41, 5.74) is 2.69. The fourth-order valence-electron chi connectivity index (χ4n) is 3.24. The van der Waals surface area contributed by atoms with Crippen LogP contribution in [0, 0.1) is 0 Å². The first kappa shape index (κ1) is 16.3. The molecule has 7 heteroatoms. The van der Waals surface area contributed by atoms with Crippen molar-refractivity contribution in [1.82, 2.24) is 25.6 Å². The van der Waals surface area contributed by atoms with E-state index in [1.807, 2.05) is 23.1 Å². The first-order chi connectivity index (χ1) is 12.7. The Bertz CT molecular complexity index is 929. The molecule has 4 rings (SSSR count). The number of rotatable bonds is 3. The number of hydrogen-bond donors (Lipinski definition) is 2. The third-order valence-electron chi connectivity index (χ3n) is 4.72. The lowest BCUT2D eigenvalue weighted by molar-refractivity contribution is 0.0698. The van der Waals surface area contributed by atoms with Crippen molar-refractivity contribution in [1.29, 1.82) is 0 Å².